The molecule has 0 radical (unpaired) electrons. The van der Waals surface area contributed by atoms with Gasteiger partial charge in [0, 0.05) is 6.42 Å². The Balaban J connectivity index is 4.31. The number of quaternary nitrogens is 1. The van der Waals surface area contributed by atoms with Gasteiger partial charge >= 0.3 is 7.82 Å². The van der Waals surface area contributed by atoms with Crippen molar-refractivity contribution in [3.8, 4) is 0 Å². The molecule has 3 atom stereocenters. The summed E-state index contributed by atoms with van der Waals surface area (Å²) >= 11 is 0. The van der Waals surface area contributed by atoms with E-state index in [1.807, 2.05) is 21.1 Å². The van der Waals surface area contributed by atoms with E-state index in [1.54, 1.807) is 0 Å². The summed E-state index contributed by atoms with van der Waals surface area (Å²) < 4.78 is 23.5. The number of aliphatic hydroxyl groups excluding tert-OH is 1. The average Bonchev–Trinajstić information content (AvgIpc) is 3.07. The zero-order valence-corrected chi connectivity index (χ0v) is 35.0. The lowest BCUT2D eigenvalue weighted by atomic mass is 10.0. The number of unbranched alkanes of at least 4 members (excludes halogenated alkanes) is 22. The van der Waals surface area contributed by atoms with Crippen molar-refractivity contribution in [2.45, 2.75) is 199 Å². The number of phosphoric ester groups is 1. The molecule has 0 saturated carbocycles. The highest BCUT2D eigenvalue weighted by Crippen LogP contribution is 2.43. The van der Waals surface area contributed by atoms with E-state index in [-0.39, 0.29) is 19.1 Å². The molecular weight excluding hydrogens is 659 g/mol. The molecule has 0 aromatic heterocycles. The zero-order chi connectivity index (χ0) is 37.9. The summed E-state index contributed by atoms with van der Waals surface area (Å²) in [5.74, 6) is -0.151. The van der Waals surface area contributed by atoms with E-state index in [9.17, 15) is 19.4 Å². The van der Waals surface area contributed by atoms with Gasteiger partial charge in [-0.15, -0.1) is 0 Å². The minimum Gasteiger partial charge on any atom is -0.391 e. The highest BCUT2D eigenvalue weighted by molar-refractivity contribution is 7.47. The minimum atomic E-state index is -4.31. The second-order valence-electron chi connectivity index (χ2n) is 15.7. The van der Waals surface area contributed by atoms with Crippen LogP contribution in [0.5, 0.6) is 0 Å². The second kappa shape index (κ2) is 34.7. The Hall–Kier alpha value is -1.02. The fraction of sp³-hybridized carbons (Fsp3) is 0.881. The molecule has 0 fully saturated rings. The molecule has 0 aromatic carbocycles. The molecule has 0 aromatic rings. The summed E-state index contributed by atoms with van der Waals surface area (Å²) in [4.78, 5) is 23.1. The van der Waals surface area contributed by atoms with Gasteiger partial charge in [0.1, 0.15) is 13.2 Å². The van der Waals surface area contributed by atoms with Crippen LogP contribution in [0.2, 0.25) is 0 Å². The number of amides is 1. The highest BCUT2D eigenvalue weighted by Gasteiger charge is 2.28. The van der Waals surface area contributed by atoms with Crippen LogP contribution in [0.3, 0.4) is 0 Å². The van der Waals surface area contributed by atoms with Crippen LogP contribution in [0.15, 0.2) is 24.3 Å². The maximum Gasteiger partial charge on any atom is 0.472 e. The Labute approximate surface area is 315 Å². The molecule has 8 nitrogen and oxygen atoms in total. The van der Waals surface area contributed by atoms with Gasteiger partial charge in [0.2, 0.25) is 5.91 Å². The van der Waals surface area contributed by atoms with Crippen molar-refractivity contribution in [3.05, 3.63) is 24.3 Å². The van der Waals surface area contributed by atoms with Crippen LogP contribution in [-0.2, 0) is 18.4 Å². The van der Waals surface area contributed by atoms with Crippen LogP contribution in [0.1, 0.15) is 187 Å². The minimum absolute atomic E-state index is 0.0743. The molecule has 0 bridgehead atoms. The number of hydrogen-bond donors (Lipinski definition) is 3. The largest absolute Gasteiger partial charge is 0.472 e. The number of nitrogens with zero attached hydrogens (tertiary/aromatic N) is 1. The molecule has 3 unspecified atom stereocenters. The van der Waals surface area contributed by atoms with E-state index in [0.29, 0.717) is 23.9 Å². The first kappa shape index (κ1) is 50.0. The van der Waals surface area contributed by atoms with Crippen molar-refractivity contribution in [2.75, 3.05) is 40.9 Å². The summed E-state index contributed by atoms with van der Waals surface area (Å²) in [7, 11) is 1.61. The third-order valence-corrected chi connectivity index (χ3v) is 10.5. The van der Waals surface area contributed by atoms with Crippen LogP contribution in [0, 0.1) is 0 Å². The molecule has 0 aliphatic heterocycles. The van der Waals surface area contributed by atoms with Gasteiger partial charge in [0.25, 0.3) is 0 Å². The fourth-order valence-corrected chi connectivity index (χ4v) is 6.77. The standard InChI is InChI=1S/C42H83N2O6P/c1-6-8-10-12-14-16-18-19-20-21-22-23-24-25-26-28-30-32-34-36-42(46)43-40(39-50-51(47,48)49-38-37-44(3,4)5)41(45)35-33-31-29-27-17-15-13-11-9-7-2/h14,16,18-19,40-41,45H,6-13,15,17,20-39H2,1-5H3,(H-,43,46,47,48)/p+1/b16-14-,19-18-. The predicted octanol–water partition coefficient (Wildman–Crippen LogP) is 11.4. The first-order chi connectivity index (χ1) is 24.5. The first-order valence-corrected chi connectivity index (χ1v) is 22.7. The lowest BCUT2D eigenvalue weighted by molar-refractivity contribution is -0.870. The normalized spacial score (nSPS) is 14.7. The van der Waals surface area contributed by atoms with Crippen molar-refractivity contribution < 1.29 is 32.9 Å². The topological polar surface area (TPSA) is 105 Å². The number of likely N-dealkylation sites (N-methyl/N-ethyl adjacent to an activating group) is 1. The van der Waals surface area contributed by atoms with Gasteiger partial charge in [0.15, 0.2) is 0 Å². The summed E-state index contributed by atoms with van der Waals surface area (Å²) in [6.45, 7) is 4.83. The molecule has 51 heavy (non-hydrogen) atoms. The fourth-order valence-electron chi connectivity index (χ4n) is 6.04. The number of allylic oxidation sites excluding steroid dienone is 4. The average molecular weight is 744 g/mol. The lowest BCUT2D eigenvalue weighted by Gasteiger charge is -2.26. The van der Waals surface area contributed by atoms with E-state index in [0.717, 1.165) is 38.5 Å². The molecule has 0 aliphatic rings. The SMILES string of the molecule is CCCCC/C=C\C=C/CCCCCCCCCCCCC(=O)NC(COP(=O)(O)OCC[N+](C)(C)C)C(O)CCCCCCCCCCCC. The summed E-state index contributed by atoms with van der Waals surface area (Å²) in [5.41, 5.74) is 0. The van der Waals surface area contributed by atoms with Crippen molar-refractivity contribution in [2.24, 2.45) is 0 Å². The third-order valence-electron chi connectivity index (χ3n) is 9.48. The number of aliphatic hydroxyl groups is 1. The highest BCUT2D eigenvalue weighted by atomic mass is 31.2. The monoisotopic (exact) mass is 744 g/mol. The smallest absolute Gasteiger partial charge is 0.391 e. The van der Waals surface area contributed by atoms with Gasteiger partial charge in [-0.3, -0.25) is 13.8 Å². The van der Waals surface area contributed by atoms with E-state index in [1.165, 1.54) is 122 Å². The van der Waals surface area contributed by atoms with Crippen LogP contribution in [0.25, 0.3) is 0 Å². The van der Waals surface area contributed by atoms with Gasteiger partial charge in [0.05, 0.1) is 39.9 Å². The Morgan fingerprint density at radius 3 is 1.61 bits per heavy atom. The summed E-state index contributed by atoms with van der Waals surface area (Å²) in [6, 6.07) is -0.758. The second-order valence-corrected chi connectivity index (χ2v) is 17.2. The molecule has 3 N–H and O–H groups in total. The molecule has 9 heteroatoms. The molecule has 0 rings (SSSR count). The molecule has 0 heterocycles. The van der Waals surface area contributed by atoms with E-state index < -0.39 is 20.0 Å². The number of phosphoric acid groups is 1. The van der Waals surface area contributed by atoms with Gasteiger partial charge < -0.3 is 19.8 Å². The Kier molecular flexibility index (Phi) is 34.0. The molecule has 0 saturated heterocycles. The van der Waals surface area contributed by atoms with E-state index in [2.05, 4.69) is 43.5 Å². The van der Waals surface area contributed by atoms with Crippen molar-refractivity contribution in [3.63, 3.8) is 0 Å². The van der Waals surface area contributed by atoms with Gasteiger partial charge in [-0.05, 0) is 38.5 Å². The third kappa shape index (κ3) is 37.1. The molecule has 0 spiro atoms. The lowest BCUT2D eigenvalue weighted by Crippen LogP contribution is -2.46. The summed E-state index contributed by atoms with van der Waals surface area (Å²) in [5, 5.41) is 13.9. The van der Waals surface area contributed by atoms with Gasteiger partial charge in [-0.2, -0.15) is 0 Å². The number of carbonyl (C=O) groups excluding carboxylic acids is 1. The first-order valence-electron chi connectivity index (χ1n) is 21.2. The molecule has 1 amide bonds. The van der Waals surface area contributed by atoms with Gasteiger partial charge in [-0.25, -0.2) is 4.57 Å². The van der Waals surface area contributed by atoms with Crippen molar-refractivity contribution >= 4 is 13.7 Å². The zero-order valence-electron chi connectivity index (χ0n) is 34.1. The molecule has 302 valence electrons. The van der Waals surface area contributed by atoms with Crippen molar-refractivity contribution in [1.82, 2.24) is 5.32 Å². The summed E-state index contributed by atoms with van der Waals surface area (Å²) in [6.07, 6.45) is 39.1. The van der Waals surface area contributed by atoms with E-state index >= 15 is 0 Å². The van der Waals surface area contributed by atoms with Crippen LogP contribution >= 0.6 is 7.82 Å². The number of carbonyl (C=O) groups is 1. The number of hydrogen-bond acceptors (Lipinski definition) is 5. The molecular formula is C42H84N2O6P+. The maximum absolute atomic E-state index is 12.8. The Morgan fingerprint density at radius 1 is 0.667 bits per heavy atom. The van der Waals surface area contributed by atoms with Gasteiger partial charge in [-0.1, -0.05) is 167 Å². The number of rotatable bonds is 38. The quantitative estimate of drug-likeness (QED) is 0.0252. The Morgan fingerprint density at radius 2 is 1.10 bits per heavy atom. The maximum atomic E-state index is 12.8. The predicted molar refractivity (Wildman–Crippen MR) is 217 cm³/mol. The van der Waals surface area contributed by atoms with Crippen LogP contribution in [0.4, 0.5) is 0 Å². The van der Waals surface area contributed by atoms with Crippen LogP contribution < -0.4 is 5.32 Å². The van der Waals surface area contributed by atoms with Crippen molar-refractivity contribution in [1.29, 1.82) is 0 Å². The Bertz CT molecular complexity index is 891. The molecule has 0 aliphatic carbocycles. The number of nitrogens with one attached hydrogen (secondary N) is 1. The van der Waals surface area contributed by atoms with E-state index in [4.69, 9.17) is 9.05 Å². The van der Waals surface area contributed by atoms with Crippen LogP contribution in [-0.4, -0.2) is 73.4 Å².